The summed E-state index contributed by atoms with van der Waals surface area (Å²) in [5.74, 6) is 0. The number of thiophene rings is 1. The normalized spacial score (nSPS) is 10.3. The highest BCUT2D eigenvalue weighted by Crippen LogP contribution is 2.21. The van der Waals surface area contributed by atoms with E-state index >= 15 is 0 Å². The van der Waals surface area contributed by atoms with E-state index in [0.717, 1.165) is 11.3 Å². The third-order valence-electron chi connectivity index (χ3n) is 3.40. The van der Waals surface area contributed by atoms with Crippen molar-refractivity contribution in [2.75, 3.05) is 4.72 Å². The van der Waals surface area contributed by atoms with Crippen LogP contribution in [0.1, 0.15) is 5.56 Å². The van der Waals surface area contributed by atoms with Crippen LogP contribution >= 0.6 is 23.6 Å². The SMILES string of the molecule is NC(=S)NCc1ccccc1.O=[N+]([O-])c1ccc(NS(=O)(=O)c2cccs2)cc1. The van der Waals surface area contributed by atoms with Gasteiger partial charge in [-0.15, -0.1) is 11.3 Å². The Kier molecular flexibility index (Phi) is 8.07. The third kappa shape index (κ3) is 7.49. The number of benzene rings is 2. The highest BCUT2D eigenvalue weighted by Gasteiger charge is 2.15. The van der Waals surface area contributed by atoms with Crippen molar-refractivity contribution in [3.63, 3.8) is 0 Å². The van der Waals surface area contributed by atoms with Gasteiger partial charge in [0.1, 0.15) is 4.21 Å². The molecule has 3 aromatic rings. The molecule has 0 saturated heterocycles. The van der Waals surface area contributed by atoms with Crippen molar-refractivity contribution < 1.29 is 13.3 Å². The predicted molar refractivity (Wildman–Crippen MR) is 118 cm³/mol. The minimum Gasteiger partial charge on any atom is -0.376 e. The lowest BCUT2D eigenvalue weighted by molar-refractivity contribution is -0.384. The van der Waals surface area contributed by atoms with Crippen LogP contribution in [-0.4, -0.2) is 18.5 Å². The largest absolute Gasteiger partial charge is 0.376 e. The molecule has 2 aromatic carbocycles. The van der Waals surface area contributed by atoms with Crippen LogP contribution in [0.5, 0.6) is 0 Å². The number of sulfonamides is 1. The number of nitrogens with two attached hydrogens (primary N) is 1. The van der Waals surface area contributed by atoms with Gasteiger partial charge in [0.15, 0.2) is 5.11 Å². The molecule has 0 fully saturated rings. The van der Waals surface area contributed by atoms with Gasteiger partial charge in [0, 0.05) is 24.4 Å². The van der Waals surface area contributed by atoms with E-state index in [2.05, 4.69) is 22.3 Å². The Morgan fingerprint density at radius 1 is 1.07 bits per heavy atom. The summed E-state index contributed by atoms with van der Waals surface area (Å²) >= 11 is 5.76. The Bertz CT molecular complexity index is 1040. The van der Waals surface area contributed by atoms with Crippen molar-refractivity contribution in [3.05, 3.63) is 87.8 Å². The number of nitro benzene ring substituents is 1. The van der Waals surface area contributed by atoms with Gasteiger partial charge in [-0.3, -0.25) is 14.8 Å². The van der Waals surface area contributed by atoms with Gasteiger partial charge < -0.3 is 11.1 Å². The second kappa shape index (κ2) is 10.5. The van der Waals surface area contributed by atoms with E-state index in [1.807, 2.05) is 30.3 Å². The smallest absolute Gasteiger partial charge is 0.271 e. The van der Waals surface area contributed by atoms with Crippen molar-refractivity contribution in [1.82, 2.24) is 5.32 Å². The molecule has 0 radical (unpaired) electrons. The van der Waals surface area contributed by atoms with Crippen molar-refractivity contribution in [2.24, 2.45) is 5.73 Å². The lowest BCUT2D eigenvalue weighted by Gasteiger charge is -2.05. The topological polar surface area (TPSA) is 127 Å². The minimum atomic E-state index is -3.60. The fourth-order valence-electron chi connectivity index (χ4n) is 2.06. The first-order valence-electron chi connectivity index (χ1n) is 8.16. The monoisotopic (exact) mass is 450 g/mol. The Hall–Kier alpha value is -3.02. The van der Waals surface area contributed by atoms with E-state index in [4.69, 9.17) is 5.73 Å². The maximum absolute atomic E-state index is 11.8. The Morgan fingerprint density at radius 3 is 2.24 bits per heavy atom. The summed E-state index contributed by atoms with van der Waals surface area (Å²) in [5, 5.41) is 15.3. The molecule has 0 aliphatic heterocycles. The maximum Gasteiger partial charge on any atom is 0.271 e. The van der Waals surface area contributed by atoms with Gasteiger partial charge in [-0.25, -0.2) is 8.42 Å². The molecule has 0 saturated carbocycles. The molecule has 0 bridgehead atoms. The number of hydrogen-bond acceptors (Lipinski definition) is 6. The van der Waals surface area contributed by atoms with Crippen LogP contribution in [0.25, 0.3) is 0 Å². The molecule has 152 valence electrons. The van der Waals surface area contributed by atoms with E-state index in [1.54, 1.807) is 11.4 Å². The van der Waals surface area contributed by atoms with Crippen LogP contribution in [0.15, 0.2) is 76.3 Å². The van der Waals surface area contributed by atoms with Gasteiger partial charge in [0.05, 0.1) is 4.92 Å². The number of thiocarbonyl (C=S) groups is 1. The molecule has 8 nitrogen and oxygen atoms in total. The van der Waals surface area contributed by atoms with Crippen LogP contribution in [0, 0.1) is 10.1 Å². The molecule has 4 N–H and O–H groups in total. The summed E-state index contributed by atoms with van der Waals surface area (Å²) in [6, 6.07) is 18.3. The fraction of sp³-hybridized carbons (Fsp3) is 0.0556. The molecular weight excluding hydrogens is 432 g/mol. The molecule has 1 heterocycles. The third-order valence-corrected chi connectivity index (χ3v) is 6.32. The number of non-ortho nitro benzene ring substituents is 1. The summed E-state index contributed by atoms with van der Waals surface area (Å²) in [6.07, 6.45) is 0. The van der Waals surface area contributed by atoms with Gasteiger partial charge in [-0.2, -0.15) is 0 Å². The van der Waals surface area contributed by atoms with E-state index in [0.29, 0.717) is 11.7 Å². The number of anilines is 1. The number of nitrogens with one attached hydrogen (secondary N) is 2. The number of nitrogens with zero attached hydrogens (tertiary/aromatic N) is 1. The van der Waals surface area contributed by atoms with Crippen molar-refractivity contribution in [1.29, 1.82) is 0 Å². The molecule has 0 amide bonds. The Morgan fingerprint density at radius 2 is 1.72 bits per heavy atom. The van der Waals surface area contributed by atoms with Crippen LogP contribution in [0.3, 0.4) is 0 Å². The lowest BCUT2D eigenvalue weighted by Crippen LogP contribution is -2.28. The first kappa shape index (κ1) is 22.3. The number of nitro groups is 1. The van der Waals surface area contributed by atoms with Gasteiger partial charge >= 0.3 is 0 Å². The summed E-state index contributed by atoms with van der Waals surface area (Å²) < 4.78 is 26.2. The van der Waals surface area contributed by atoms with Crippen LogP contribution < -0.4 is 15.8 Å². The molecule has 11 heteroatoms. The number of hydrogen-bond donors (Lipinski definition) is 3. The van der Waals surface area contributed by atoms with Crippen LogP contribution in [-0.2, 0) is 16.6 Å². The summed E-state index contributed by atoms with van der Waals surface area (Å²) in [5.41, 5.74) is 6.64. The highest BCUT2D eigenvalue weighted by atomic mass is 32.2. The van der Waals surface area contributed by atoms with Gasteiger partial charge in [0.2, 0.25) is 0 Å². The summed E-state index contributed by atoms with van der Waals surface area (Å²) in [6.45, 7) is 0.705. The zero-order chi connectivity index (χ0) is 21.3. The number of rotatable bonds is 6. The predicted octanol–water partition coefficient (Wildman–Crippen LogP) is 3.48. The molecule has 0 aliphatic carbocycles. The highest BCUT2D eigenvalue weighted by molar-refractivity contribution is 7.94. The van der Waals surface area contributed by atoms with Crippen LogP contribution in [0.2, 0.25) is 0 Å². The second-order valence-electron chi connectivity index (χ2n) is 5.54. The van der Waals surface area contributed by atoms with Crippen molar-refractivity contribution >= 4 is 50.1 Å². The minimum absolute atomic E-state index is 0.0888. The van der Waals surface area contributed by atoms with Gasteiger partial charge in [0.25, 0.3) is 15.7 Å². The summed E-state index contributed by atoms with van der Waals surface area (Å²) in [4.78, 5) is 9.91. The molecule has 0 unspecified atom stereocenters. The van der Waals surface area contributed by atoms with E-state index in [9.17, 15) is 18.5 Å². The zero-order valence-electron chi connectivity index (χ0n) is 15.0. The summed E-state index contributed by atoms with van der Waals surface area (Å²) in [7, 11) is -3.60. The molecule has 0 atom stereocenters. The second-order valence-corrected chi connectivity index (χ2v) is 8.84. The first-order valence-corrected chi connectivity index (χ1v) is 10.9. The lowest BCUT2D eigenvalue weighted by atomic mass is 10.2. The van der Waals surface area contributed by atoms with Crippen molar-refractivity contribution in [2.45, 2.75) is 10.8 Å². The van der Waals surface area contributed by atoms with Gasteiger partial charge in [-0.05, 0) is 41.4 Å². The van der Waals surface area contributed by atoms with E-state index in [1.165, 1.54) is 35.9 Å². The zero-order valence-corrected chi connectivity index (χ0v) is 17.5. The average Bonchev–Trinajstić information content (AvgIpc) is 3.24. The molecule has 3 rings (SSSR count). The fourth-order valence-corrected chi connectivity index (χ4v) is 4.18. The maximum atomic E-state index is 11.8. The van der Waals surface area contributed by atoms with Gasteiger partial charge in [-0.1, -0.05) is 36.4 Å². The molecule has 29 heavy (non-hydrogen) atoms. The standard InChI is InChI=1S/C10H8N2O4S2.C8H10N2S/c13-12(14)9-5-3-8(4-6-9)11-18(15,16)10-2-1-7-17-10;9-8(11)10-6-7-4-2-1-3-5-7/h1-7,11H;1-5H,6H2,(H3,9,10,11). The van der Waals surface area contributed by atoms with E-state index in [-0.39, 0.29) is 15.6 Å². The quantitative estimate of drug-likeness (QED) is 0.298. The molecular formula is C18H18N4O4S3. The average molecular weight is 451 g/mol. The first-order chi connectivity index (χ1) is 13.8. The Labute approximate surface area is 177 Å². The van der Waals surface area contributed by atoms with Crippen molar-refractivity contribution in [3.8, 4) is 0 Å². The molecule has 1 aromatic heterocycles. The van der Waals surface area contributed by atoms with E-state index < -0.39 is 14.9 Å². The molecule has 0 aliphatic rings. The Balaban J connectivity index is 0.000000234. The molecule has 0 spiro atoms. The van der Waals surface area contributed by atoms with Crippen LogP contribution in [0.4, 0.5) is 11.4 Å².